The number of nitrogens with zero attached hydrogens (tertiary/aromatic N) is 1. The second-order valence-electron chi connectivity index (χ2n) is 5.52. The maximum absolute atomic E-state index is 2.42. The summed E-state index contributed by atoms with van der Waals surface area (Å²) in [7, 11) is 0. The van der Waals surface area contributed by atoms with Crippen LogP contribution in [0.5, 0.6) is 0 Å². The Labute approximate surface area is 147 Å². The predicted octanol–water partition coefficient (Wildman–Crippen LogP) is 1.97. The summed E-state index contributed by atoms with van der Waals surface area (Å²) >= 11 is 0. The number of fused-ring (bicyclic) bond motifs is 3. The first-order valence-corrected chi connectivity index (χ1v) is 7.79. The molecule has 1 aromatic heterocycles. The summed E-state index contributed by atoms with van der Waals surface area (Å²) < 4.78 is 2.42. The van der Waals surface area contributed by atoms with Crippen molar-refractivity contribution in [3.05, 3.63) is 78.9 Å². The van der Waals surface area contributed by atoms with Crippen molar-refractivity contribution < 1.29 is 21.5 Å². The van der Waals surface area contributed by atoms with Gasteiger partial charge in [-0.05, 0) is 31.2 Å². The second kappa shape index (κ2) is 6.51. The zero-order valence-electron chi connectivity index (χ0n) is 13.0. The highest BCUT2D eigenvalue weighted by atomic mass is 79.9. The molecule has 0 saturated heterocycles. The Morgan fingerprint density at radius 3 is 1.91 bits per heavy atom. The highest BCUT2D eigenvalue weighted by Crippen LogP contribution is 2.30. The van der Waals surface area contributed by atoms with Gasteiger partial charge in [0.25, 0.3) is 0 Å². The van der Waals surface area contributed by atoms with Crippen LogP contribution in [0, 0.1) is 0 Å². The first-order valence-electron chi connectivity index (χ1n) is 7.79. The minimum absolute atomic E-state index is 0. The van der Waals surface area contributed by atoms with Crippen LogP contribution in [0.3, 0.4) is 0 Å². The van der Waals surface area contributed by atoms with E-state index in [9.17, 15) is 0 Å². The van der Waals surface area contributed by atoms with Gasteiger partial charge in [-0.3, -0.25) is 0 Å². The molecule has 1 nitrogen and oxygen atoms in total. The number of pyridine rings is 1. The second-order valence-corrected chi connectivity index (χ2v) is 5.52. The van der Waals surface area contributed by atoms with Crippen LogP contribution < -0.4 is 21.5 Å². The van der Waals surface area contributed by atoms with Gasteiger partial charge in [0.1, 0.15) is 6.54 Å². The average Bonchev–Trinajstić information content (AvgIpc) is 2.61. The standard InChI is InChI=1S/C21H18N.BrH/c1-2-22-20-15-9-8-13-18(20)17-12-6-7-14-19(17)21(22)16-10-4-3-5-11-16;/h3-15H,2H2,1H3;1H/q+1;/p-1. The Bertz CT molecular complexity index is 961. The zero-order valence-corrected chi connectivity index (χ0v) is 14.6. The molecule has 0 atom stereocenters. The molecule has 0 aliphatic rings. The van der Waals surface area contributed by atoms with Crippen molar-refractivity contribution >= 4 is 21.7 Å². The lowest BCUT2D eigenvalue weighted by atomic mass is 9.99. The Hall–Kier alpha value is -2.19. The summed E-state index contributed by atoms with van der Waals surface area (Å²) in [5, 5.41) is 3.95. The van der Waals surface area contributed by atoms with Crippen molar-refractivity contribution in [1.29, 1.82) is 0 Å². The van der Waals surface area contributed by atoms with Crippen molar-refractivity contribution in [2.75, 3.05) is 0 Å². The molecule has 3 aromatic carbocycles. The minimum Gasteiger partial charge on any atom is -1.00 e. The van der Waals surface area contributed by atoms with Gasteiger partial charge in [-0.2, -0.15) is 4.57 Å². The number of aromatic nitrogens is 1. The third-order valence-electron chi connectivity index (χ3n) is 4.30. The number of para-hydroxylation sites is 1. The van der Waals surface area contributed by atoms with Crippen LogP contribution in [-0.2, 0) is 6.54 Å². The monoisotopic (exact) mass is 363 g/mol. The summed E-state index contributed by atoms with van der Waals surface area (Å²) in [6, 6.07) is 28.1. The Morgan fingerprint density at radius 1 is 0.652 bits per heavy atom. The number of aryl methyl sites for hydroxylation is 1. The quantitative estimate of drug-likeness (QED) is 0.378. The van der Waals surface area contributed by atoms with E-state index in [0.29, 0.717) is 0 Å². The van der Waals surface area contributed by atoms with Crippen molar-refractivity contribution in [1.82, 2.24) is 0 Å². The van der Waals surface area contributed by atoms with Crippen LogP contribution >= 0.6 is 0 Å². The fourth-order valence-corrected chi connectivity index (χ4v) is 3.36. The van der Waals surface area contributed by atoms with Crippen molar-refractivity contribution in [3.63, 3.8) is 0 Å². The largest absolute Gasteiger partial charge is 1.00 e. The third kappa shape index (κ3) is 2.53. The highest BCUT2D eigenvalue weighted by molar-refractivity contribution is 6.08. The van der Waals surface area contributed by atoms with E-state index < -0.39 is 0 Å². The van der Waals surface area contributed by atoms with Gasteiger partial charge in [0, 0.05) is 17.0 Å². The number of hydrogen-bond acceptors (Lipinski definition) is 0. The zero-order chi connectivity index (χ0) is 14.9. The lowest BCUT2D eigenvalue weighted by Gasteiger charge is -2.10. The van der Waals surface area contributed by atoms with Crippen molar-refractivity contribution in [2.24, 2.45) is 0 Å². The number of benzene rings is 3. The molecule has 0 bridgehead atoms. The molecule has 0 aliphatic carbocycles. The Morgan fingerprint density at radius 2 is 1.22 bits per heavy atom. The van der Waals surface area contributed by atoms with E-state index in [0.717, 1.165) is 6.54 Å². The van der Waals surface area contributed by atoms with E-state index in [4.69, 9.17) is 0 Å². The fourth-order valence-electron chi connectivity index (χ4n) is 3.36. The Balaban J connectivity index is 0.00000156. The lowest BCUT2D eigenvalue weighted by molar-refractivity contribution is -0.655. The van der Waals surface area contributed by atoms with Crippen LogP contribution in [-0.4, -0.2) is 0 Å². The van der Waals surface area contributed by atoms with Gasteiger partial charge in [0.15, 0.2) is 0 Å². The Kier molecular flexibility index (Phi) is 4.44. The van der Waals surface area contributed by atoms with Crippen LogP contribution in [0.15, 0.2) is 78.9 Å². The predicted molar refractivity (Wildman–Crippen MR) is 92.8 cm³/mol. The molecule has 0 aliphatic heterocycles. The molecule has 4 rings (SSSR count). The normalized spacial score (nSPS) is 10.7. The molecule has 23 heavy (non-hydrogen) atoms. The summed E-state index contributed by atoms with van der Waals surface area (Å²) in [4.78, 5) is 0. The summed E-state index contributed by atoms with van der Waals surface area (Å²) in [5.74, 6) is 0. The van der Waals surface area contributed by atoms with Crippen molar-refractivity contribution in [2.45, 2.75) is 13.5 Å². The van der Waals surface area contributed by atoms with Gasteiger partial charge in [-0.1, -0.05) is 48.5 Å². The van der Waals surface area contributed by atoms with Crippen LogP contribution in [0.1, 0.15) is 6.92 Å². The first-order chi connectivity index (χ1) is 10.9. The fraction of sp³-hybridized carbons (Fsp3) is 0.0952. The van der Waals surface area contributed by atoms with E-state index in [-0.39, 0.29) is 17.0 Å². The third-order valence-corrected chi connectivity index (χ3v) is 4.30. The van der Waals surface area contributed by atoms with E-state index in [2.05, 4.69) is 90.4 Å². The minimum atomic E-state index is 0. The molecule has 0 radical (unpaired) electrons. The molecular formula is C21H18BrN. The van der Waals surface area contributed by atoms with Gasteiger partial charge >= 0.3 is 0 Å². The molecule has 0 spiro atoms. The van der Waals surface area contributed by atoms with E-state index in [1.165, 1.54) is 32.9 Å². The first kappa shape index (κ1) is 15.7. The number of hydrogen-bond donors (Lipinski definition) is 0. The van der Waals surface area contributed by atoms with Gasteiger partial charge in [0.2, 0.25) is 11.2 Å². The van der Waals surface area contributed by atoms with Crippen LogP contribution in [0.25, 0.3) is 32.9 Å². The van der Waals surface area contributed by atoms with Crippen LogP contribution in [0.2, 0.25) is 0 Å². The average molecular weight is 364 g/mol. The lowest BCUT2D eigenvalue weighted by Crippen LogP contribution is -3.00. The molecule has 0 N–H and O–H groups in total. The number of rotatable bonds is 2. The molecule has 114 valence electrons. The molecule has 0 unspecified atom stereocenters. The van der Waals surface area contributed by atoms with E-state index in [1.54, 1.807) is 0 Å². The van der Waals surface area contributed by atoms with E-state index in [1.807, 2.05) is 0 Å². The molecular weight excluding hydrogens is 346 g/mol. The summed E-state index contributed by atoms with van der Waals surface area (Å²) in [5.41, 5.74) is 3.87. The molecule has 0 amide bonds. The SMILES string of the molecule is CC[n+]1c(-c2ccccc2)c2ccccc2c2ccccc21.[Br-]. The maximum Gasteiger partial charge on any atom is 0.220 e. The summed E-state index contributed by atoms with van der Waals surface area (Å²) in [6.07, 6.45) is 0. The maximum atomic E-state index is 2.42. The number of halogens is 1. The van der Waals surface area contributed by atoms with Gasteiger partial charge in [-0.15, -0.1) is 0 Å². The van der Waals surface area contributed by atoms with Gasteiger partial charge in [0.05, 0.1) is 10.8 Å². The topological polar surface area (TPSA) is 3.88 Å². The molecule has 0 saturated carbocycles. The molecule has 1 heterocycles. The molecule has 2 heteroatoms. The van der Waals surface area contributed by atoms with Gasteiger partial charge in [-0.25, -0.2) is 0 Å². The smallest absolute Gasteiger partial charge is 0.220 e. The van der Waals surface area contributed by atoms with Crippen molar-refractivity contribution in [3.8, 4) is 11.3 Å². The van der Waals surface area contributed by atoms with E-state index >= 15 is 0 Å². The highest BCUT2D eigenvalue weighted by Gasteiger charge is 2.21. The molecule has 0 fully saturated rings. The summed E-state index contributed by atoms with van der Waals surface area (Å²) in [6.45, 7) is 3.17. The van der Waals surface area contributed by atoms with Crippen LogP contribution in [0.4, 0.5) is 0 Å². The molecule has 4 aromatic rings. The van der Waals surface area contributed by atoms with Gasteiger partial charge < -0.3 is 17.0 Å².